The lowest BCUT2D eigenvalue weighted by Crippen LogP contribution is -2.30. The molecule has 0 amide bonds. The van der Waals surface area contributed by atoms with Crippen molar-refractivity contribution in [2.24, 2.45) is 0 Å². The maximum Gasteiger partial charge on any atom is 0.417 e. The highest BCUT2D eigenvalue weighted by Crippen LogP contribution is 2.40. The van der Waals surface area contributed by atoms with Gasteiger partial charge in [0, 0.05) is 23.6 Å². The van der Waals surface area contributed by atoms with Crippen LogP contribution in [0.3, 0.4) is 0 Å². The van der Waals surface area contributed by atoms with Gasteiger partial charge < -0.3 is 9.63 Å². The highest BCUT2D eigenvalue weighted by Gasteiger charge is 2.36. The molecule has 0 aliphatic rings. The Morgan fingerprint density at radius 1 is 1.10 bits per heavy atom. The van der Waals surface area contributed by atoms with Crippen LogP contribution in [0.1, 0.15) is 49.1 Å². The number of aromatic nitrogens is 3. The number of rotatable bonds is 6. The molecule has 1 aromatic carbocycles. The quantitative estimate of drug-likeness (QED) is 0.572. The van der Waals surface area contributed by atoms with Gasteiger partial charge in [0.05, 0.1) is 17.8 Å². The van der Waals surface area contributed by atoms with Crippen molar-refractivity contribution in [2.75, 3.05) is 0 Å². The molecule has 166 valence electrons. The minimum absolute atomic E-state index is 0.0516. The van der Waals surface area contributed by atoms with Crippen molar-refractivity contribution < 1.29 is 27.2 Å². The van der Waals surface area contributed by atoms with Crippen LogP contribution in [-0.2, 0) is 32.0 Å². The van der Waals surface area contributed by atoms with Crippen molar-refractivity contribution in [1.29, 1.82) is 0 Å². The standard InChI is InChI=1S/C21H21F4N3O3/c1-4-12-16(5-2)26-19(6-3)28(20(12)30)10-11-7-18(31-27-11)13-8-17(29)15(22)9-14(13)21(23,24)25/h7-9,29H,4-6,10H2,1-3H3. The molecule has 31 heavy (non-hydrogen) atoms. The van der Waals surface area contributed by atoms with E-state index in [1.54, 1.807) is 0 Å². The number of hydrogen-bond acceptors (Lipinski definition) is 5. The molecule has 0 aliphatic heterocycles. The first kappa shape index (κ1) is 22.5. The van der Waals surface area contributed by atoms with Gasteiger partial charge in [-0.05, 0) is 25.0 Å². The molecule has 0 spiro atoms. The van der Waals surface area contributed by atoms with Gasteiger partial charge in [0.15, 0.2) is 17.3 Å². The Labute approximate surface area is 175 Å². The summed E-state index contributed by atoms with van der Waals surface area (Å²) in [4.78, 5) is 17.5. The Hall–Kier alpha value is -3.17. The Morgan fingerprint density at radius 3 is 2.39 bits per heavy atom. The summed E-state index contributed by atoms with van der Waals surface area (Å²) in [6.45, 7) is 5.55. The highest BCUT2D eigenvalue weighted by atomic mass is 19.4. The molecule has 0 fully saturated rings. The number of halogens is 4. The van der Waals surface area contributed by atoms with E-state index in [0.29, 0.717) is 36.7 Å². The van der Waals surface area contributed by atoms with Crippen LogP contribution < -0.4 is 5.56 Å². The molecule has 0 unspecified atom stereocenters. The molecule has 2 heterocycles. The molecule has 3 aromatic rings. The molecule has 0 bridgehead atoms. The summed E-state index contributed by atoms with van der Waals surface area (Å²) in [7, 11) is 0. The second-order valence-electron chi connectivity index (χ2n) is 6.93. The van der Waals surface area contributed by atoms with Crippen molar-refractivity contribution in [2.45, 2.75) is 52.8 Å². The van der Waals surface area contributed by atoms with Crippen LogP contribution in [0.4, 0.5) is 17.6 Å². The number of hydrogen-bond donors (Lipinski definition) is 1. The zero-order valence-electron chi connectivity index (χ0n) is 17.2. The lowest BCUT2D eigenvalue weighted by Gasteiger charge is -2.14. The fourth-order valence-electron chi connectivity index (χ4n) is 3.44. The van der Waals surface area contributed by atoms with E-state index in [2.05, 4.69) is 10.1 Å². The molecule has 0 aliphatic carbocycles. The monoisotopic (exact) mass is 439 g/mol. The predicted molar refractivity (Wildman–Crippen MR) is 104 cm³/mol. The van der Waals surface area contributed by atoms with Gasteiger partial charge in [-0.2, -0.15) is 13.2 Å². The average molecular weight is 439 g/mol. The SMILES string of the molecule is CCc1nc(CC)n(Cc2cc(-c3cc(O)c(F)cc3C(F)(F)F)on2)c(=O)c1CC. The van der Waals surface area contributed by atoms with E-state index in [9.17, 15) is 27.5 Å². The molecule has 0 saturated carbocycles. The summed E-state index contributed by atoms with van der Waals surface area (Å²) in [5.74, 6) is -2.13. The van der Waals surface area contributed by atoms with Crippen LogP contribution in [0, 0.1) is 5.82 Å². The van der Waals surface area contributed by atoms with Gasteiger partial charge in [-0.25, -0.2) is 9.37 Å². The van der Waals surface area contributed by atoms with Crippen LogP contribution in [-0.4, -0.2) is 19.8 Å². The fraction of sp³-hybridized carbons (Fsp3) is 0.381. The Bertz CT molecular complexity index is 1170. The van der Waals surface area contributed by atoms with E-state index in [-0.39, 0.29) is 29.6 Å². The molecule has 0 saturated heterocycles. The van der Waals surface area contributed by atoms with E-state index < -0.39 is 28.9 Å². The molecule has 2 aromatic heterocycles. The van der Waals surface area contributed by atoms with Gasteiger partial charge in [-0.1, -0.05) is 25.9 Å². The zero-order valence-corrected chi connectivity index (χ0v) is 17.2. The van der Waals surface area contributed by atoms with Crippen molar-refractivity contribution in [1.82, 2.24) is 14.7 Å². The van der Waals surface area contributed by atoms with Crippen LogP contribution in [0.15, 0.2) is 27.5 Å². The van der Waals surface area contributed by atoms with E-state index in [1.807, 2.05) is 20.8 Å². The number of phenolic OH excluding ortho intramolecular Hbond substituents is 1. The molecular formula is C21H21F4N3O3. The van der Waals surface area contributed by atoms with E-state index in [0.717, 1.165) is 5.69 Å². The van der Waals surface area contributed by atoms with Crippen molar-refractivity contribution in [3.8, 4) is 17.1 Å². The van der Waals surface area contributed by atoms with Gasteiger partial charge in [0.1, 0.15) is 11.5 Å². The highest BCUT2D eigenvalue weighted by molar-refractivity contribution is 5.65. The molecule has 0 radical (unpaired) electrons. The predicted octanol–water partition coefficient (Wildman–Crippen LogP) is 4.50. The first-order chi connectivity index (χ1) is 14.6. The number of alkyl halides is 3. The van der Waals surface area contributed by atoms with Crippen molar-refractivity contribution >= 4 is 0 Å². The van der Waals surface area contributed by atoms with Crippen molar-refractivity contribution in [3.05, 3.63) is 62.7 Å². The maximum absolute atomic E-state index is 13.5. The normalized spacial score (nSPS) is 11.8. The second-order valence-corrected chi connectivity index (χ2v) is 6.93. The number of benzene rings is 1. The third-order valence-electron chi connectivity index (χ3n) is 4.97. The largest absolute Gasteiger partial charge is 0.505 e. The summed E-state index contributed by atoms with van der Waals surface area (Å²) < 4.78 is 60.0. The molecule has 0 atom stereocenters. The second kappa shape index (κ2) is 8.52. The van der Waals surface area contributed by atoms with Crippen LogP contribution in [0.2, 0.25) is 0 Å². The van der Waals surface area contributed by atoms with Gasteiger partial charge in [0.2, 0.25) is 0 Å². The third kappa shape index (κ3) is 4.33. The summed E-state index contributed by atoms with van der Waals surface area (Å²) >= 11 is 0. The zero-order chi connectivity index (χ0) is 22.9. The number of aryl methyl sites for hydroxylation is 2. The minimum atomic E-state index is -4.88. The van der Waals surface area contributed by atoms with Crippen LogP contribution >= 0.6 is 0 Å². The first-order valence-electron chi connectivity index (χ1n) is 9.77. The molecular weight excluding hydrogens is 418 g/mol. The molecule has 1 N–H and O–H groups in total. The lowest BCUT2D eigenvalue weighted by molar-refractivity contribution is -0.137. The van der Waals surface area contributed by atoms with E-state index in [4.69, 9.17) is 4.52 Å². The summed E-state index contributed by atoms with van der Waals surface area (Å²) in [6, 6.07) is 2.07. The number of phenols is 1. The number of nitrogens with zero attached hydrogens (tertiary/aromatic N) is 3. The number of aromatic hydroxyl groups is 1. The minimum Gasteiger partial charge on any atom is -0.505 e. The van der Waals surface area contributed by atoms with Gasteiger partial charge in [0.25, 0.3) is 5.56 Å². The van der Waals surface area contributed by atoms with Crippen molar-refractivity contribution in [3.63, 3.8) is 0 Å². The van der Waals surface area contributed by atoms with Crippen LogP contribution in [0.25, 0.3) is 11.3 Å². The summed E-state index contributed by atoms with van der Waals surface area (Å²) in [5.41, 5.74) is -0.603. The smallest absolute Gasteiger partial charge is 0.417 e. The summed E-state index contributed by atoms with van der Waals surface area (Å²) in [6.07, 6.45) is -3.30. The molecule has 10 heteroatoms. The third-order valence-corrected chi connectivity index (χ3v) is 4.97. The summed E-state index contributed by atoms with van der Waals surface area (Å²) in [5, 5.41) is 13.3. The maximum atomic E-state index is 13.5. The average Bonchev–Trinajstić information content (AvgIpc) is 3.18. The first-order valence-corrected chi connectivity index (χ1v) is 9.77. The van der Waals surface area contributed by atoms with Gasteiger partial charge in [-0.3, -0.25) is 9.36 Å². The topological polar surface area (TPSA) is 81.2 Å². The van der Waals surface area contributed by atoms with E-state index >= 15 is 0 Å². The molecule has 3 rings (SSSR count). The lowest BCUT2D eigenvalue weighted by atomic mass is 10.0. The fourth-order valence-corrected chi connectivity index (χ4v) is 3.44. The van der Waals surface area contributed by atoms with Gasteiger partial charge >= 0.3 is 6.18 Å². The Kier molecular flexibility index (Phi) is 6.19. The van der Waals surface area contributed by atoms with Crippen LogP contribution in [0.5, 0.6) is 5.75 Å². The van der Waals surface area contributed by atoms with Gasteiger partial charge in [-0.15, -0.1) is 0 Å². The molecule has 6 nitrogen and oxygen atoms in total. The van der Waals surface area contributed by atoms with E-state index in [1.165, 1.54) is 10.6 Å². The Balaban J connectivity index is 2.06. The Morgan fingerprint density at radius 2 is 1.81 bits per heavy atom.